The number of thiazole rings is 1. The molecule has 152 valence electrons. The molecule has 11 heteroatoms. The Hall–Kier alpha value is -1.27. The Balaban J connectivity index is 1.51. The molecule has 9 nitrogen and oxygen atoms in total. The Morgan fingerprint density at radius 3 is 2.11 bits per heavy atom. The average Bonchev–Trinajstić information content (AvgIpc) is 2.98. The molecular weight excluding hydrogens is 390 g/mol. The molecule has 0 bridgehead atoms. The molecule has 0 aliphatic carbocycles. The molecule has 1 aromatic heterocycles. The van der Waals surface area contributed by atoms with Crippen molar-refractivity contribution in [3.05, 3.63) is 20.7 Å². The van der Waals surface area contributed by atoms with Gasteiger partial charge in [-0.1, -0.05) is 11.3 Å². The Morgan fingerprint density at radius 2 is 1.59 bits per heavy atom. The van der Waals surface area contributed by atoms with Crippen LogP contribution in [0.15, 0.2) is 10.2 Å². The van der Waals surface area contributed by atoms with Gasteiger partial charge in [-0.2, -0.15) is 17.0 Å². The van der Waals surface area contributed by atoms with E-state index in [0.717, 1.165) is 30.1 Å². The van der Waals surface area contributed by atoms with Crippen LogP contribution in [0.3, 0.4) is 0 Å². The van der Waals surface area contributed by atoms with E-state index in [-0.39, 0.29) is 17.2 Å². The van der Waals surface area contributed by atoms with Gasteiger partial charge in [0.15, 0.2) is 0 Å². The second kappa shape index (κ2) is 8.39. The quantitative estimate of drug-likeness (QED) is 0.629. The van der Waals surface area contributed by atoms with Crippen LogP contribution >= 0.6 is 11.3 Å². The molecule has 2 saturated heterocycles. The first-order valence-electron chi connectivity index (χ1n) is 9.15. The highest BCUT2D eigenvalue weighted by Crippen LogP contribution is 2.15. The summed E-state index contributed by atoms with van der Waals surface area (Å²) in [7, 11) is -1.47. The van der Waals surface area contributed by atoms with E-state index in [4.69, 9.17) is 0 Å². The molecule has 0 N–H and O–H groups in total. The number of carbonyl (C=O) groups excluding carboxylic acids is 1. The third-order valence-corrected chi connectivity index (χ3v) is 8.15. The average molecular weight is 418 g/mol. The van der Waals surface area contributed by atoms with E-state index in [9.17, 15) is 18.0 Å². The third-order valence-electron chi connectivity index (χ3n) is 5.23. The SMILES string of the molecule is Cc1csc(=O)n1CCC(=O)N1CCN(S(=O)(=O)N2CCN(C)CC2)CC1. The van der Waals surface area contributed by atoms with Gasteiger partial charge in [0.1, 0.15) is 0 Å². The summed E-state index contributed by atoms with van der Waals surface area (Å²) in [6, 6.07) is 0. The van der Waals surface area contributed by atoms with Crippen molar-refractivity contribution < 1.29 is 13.2 Å². The molecule has 0 radical (unpaired) electrons. The molecule has 1 amide bonds. The number of aryl methyl sites for hydroxylation is 1. The standard InChI is InChI=1S/C16H27N5O4S2/c1-14-13-26-16(23)21(14)4-3-15(22)18-7-11-20(12-8-18)27(24,25)19-9-5-17(2)6-10-19/h13H,3-12H2,1-2H3. The zero-order chi connectivity index (χ0) is 19.6. The fourth-order valence-corrected chi connectivity index (χ4v) is 5.73. The summed E-state index contributed by atoms with van der Waals surface area (Å²) >= 11 is 1.14. The van der Waals surface area contributed by atoms with E-state index in [1.54, 1.807) is 14.8 Å². The molecule has 0 unspecified atom stereocenters. The second-order valence-corrected chi connectivity index (χ2v) is 9.78. The first kappa shape index (κ1) is 20.5. The van der Waals surface area contributed by atoms with Gasteiger partial charge in [0.2, 0.25) is 5.91 Å². The molecule has 2 aliphatic heterocycles. The lowest BCUT2D eigenvalue weighted by atomic mass is 10.3. The Labute approximate surface area is 163 Å². The minimum Gasteiger partial charge on any atom is -0.340 e. The lowest BCUT2D eigenvalue weighted by Gasteiger charge is -2.39. The van der Waals surface area contributed by atoms with E-state index in [1.165, 1.54) is 8.61 Å². The first-order chi connectivity index (χ1) is 12.8. The topological polar surface area (TPSA) is 86.2 Å². The van der Waals surface area contributed by atoms with Crippen molar-refractivity contribution in [2.75, 3.05) is 59.4 Å². The van der Waals surface area contributed by atoms with E-state index >= 15 is 0 Å². The molecule has 0 aromatic carbocycles. The number of rotatable bonds is 5. The second-order valence-electron chi connectivity index (χ2n) is 7.03. The zero-order valence-corrected chi connectivity index (χ0v) is 17.5. The maximum Gasteiger partial charge on any atom is 0.307 e. The lowest BCUT2D eigenvalue weighted by Crippen LogP contribution is -2.57. The van der Waals surface area contributed by atoms with Gasteiger partial charge in [-0.3, -0.25) is 9.59 Å². The van der Waals surface area contributed by atoms with Crippen molar-refractivity contribution in [3.63, 3.8) is 0 Å². The molecule has 3 rings (SSSR count). The number of hydrogen-bond donors (Lipinski definition) is 0. The molecule has 2 aliphatic rings. The molecule has 0 spiro atoms. The molecule has 2 fully saturated rings. The largest absolute Gasteiger partial charge is 0.340 e. The van der Waals surface area contributed by atoms with Crippen molar-refractivity contribution >= 4 is 27.5 Å². The smallest absolute Gasteiger partial charge is 0.307 e. The highest BCUT2D eigenvalue weighted by Gasteiger charge is 2.34. The summed E-state index contributed by atoms with van der Waals surface area (Å²) in [4.78, 5) is 27.9. The summed E-state index contributed by atoms with van der Waals surface area (Å²) in [5.74, 6) is -0.0378. The van der Waals surface area contributed by atoms with Crippen LogP contribution in [0, 0.1) is 6.92 Å². The van der Waals surface area contributed by atoms with Crippen LogP contribution in [-0.2, 0) is 21.5 Å². The number of piperazine rings is 2. The Kier molecular flexibility index (Phi) is 6.36. The van der Waals surface area contributed by atoms with Crippen LogP contribution in [0.5, 0.6) is 0 Å². The predicted octanol–water partition coefficient (Wildman–Crippen LogP) is -0.755. The van der Waals surface area contributed by atoms with E-state index in [1.807, 2.05) is 14.0 Å². The van der Waals surface area contributed by atoms with Gasteiger partial charge in [0, 0.05) is 76.4 Å². The summed E-state index contributed by atoms with van der Waals surface area (Å²) in [6.07, 6.45) is 0.253. The molecule has 3 heterocycles. The van der Waals surface area contributed by atoms with Gasteiger partial charge in [-0.05, 0) is 14.0 Å². The van der Waals surface area contributed by atoms with Crippen molar-refractivity contribution in [2.24, 2.45) is 0 Å². The van der Waals surface area contributed by atoms with Crippen molar-refractivity contribution in [3.8, 4) is 0 Å². The van der Waals surface area contributed by atoms with Gasteiger partial charge in [-0.25, -0.2) is 0 Å². The monoisotopic (exact) mass is 417 g/mol. The number of aromatic nitrogens is 1. The molecular formula is C16H27N5O4S2. The summed E-state index contributed by atoms with van der Waals surface area (Å²) in [6.45, 7) is 6.12. The predicted molar refractivity (Wildman–Crippen MR) is 104 cm³/mol. The molecule has 0 atom stereocenters. The highest BCUT2D eigenvalue weighted by atomic mass is 32.2. The molecule has 27 heavy (non-hydrogen) atoms. The van der Waals surface area contributed by atoms with Crippen LogP contribution in [0.25, 0.3) is 0 Å². The van der Waals surface area contributed by atoms with Crippen LogP contribution in [-0.4, -0.2) is 96.7 Å². The van der Waals surface area contributed by atoms with Crippen molar-refractivity contribution in [1.29, 1.82) is 0 Å². The lowest BCUT2D eigenvalue weighted by molar-refractivity contribution is -0.132. The summed E-state index contributed by atoms with van der Waals surface area (Å²) in [5, 5.41) is 1.79. The summed E-state index contributed by atoms with van der Waals surface area (Å²) < 4.78 is 30.2. The van der Waals surface area contributed by atoms with E-state index < -0.39 is 10.2 Å². The zero-order valence-electron chi connectivity index (χ0n) is 15.8. The fraction of sp³-hybridized carbons (Fsp3) is 0.750. The van der Waals surface area contributed by atoms with Crippen LogP contribution in [0.2, 0.25) is 0 Å². The third kappa shape index (κ3) is 4.60. The fourth-order valence-electron chi connectivity index (χ4n) is 3.39. The number of carbonyl (C=O) groups is 1. The minimum atomic E-state index is -3.46. The van der Waals surface area contributed by atoms with Crippen LogP contribution in [0.1, 0.15) is 12.1 Å². The molecule has 0 saturated carbocycles. The minimum absolute atomic E-state index is 0.0378. The van der Waals surface area contributed by atoms with Crippen LogP contribution in [0.4, 0.5) is 0 Å². The number of hydrogen-bond acceptors (Lipinski definition) is 6. The van der Waals surface area contributed by atoms with E-state index in [2.05, 4.69) is 4.90 Å². The highest BCUT2D eigenvalue weighted by molar-refractivity contribution is 7.86. The Morgan fingerprint density at radius 1 is 1.04 bits per heavy atom. The normalized spacial score (nSPS) is 20.9. The van der Waals surface area contributed by atoms with Gasteiger partial charge in [-0.15, -0.1) is 0 Å². The van der Waals surface area contributed by atoms with Crippen molar-refractivity contribution in [1.82, 2.24) is 23.0 Å². The van der Waals surface area contributed by atoms with Gasteiger partial charge in [0.05, 0.1) is 0 Å². The maximum absolute atomic E-state index is 12.8. The van der Waals surface area contributed by atoms with Crippen molar-refractivity contribution in [2.45, 2.75) is 19.9 Å². The maximum atomic E-state index is 12.8. The summed E-state index contributed by atoms with van der Waals surface area (Å²) in [5.41, 5.74) is 0.862. The van der Waals surface area contributed by atoms with Crippen LogP contribution < -0.4 is 4.87 Å². The Bertz CT molecular complexity index is 818. The van der Waals surface area contributed by atoms with Gasteiger partial charge < -0.3 is 14.4 Å². The van der Waals surface area contributed by atoms with E-state index in [0.29, 0.717) is 45.8 Å². The first-order valence-corrected chi connectivity index (χ1v) is 11.4. The number of amides is 1. The van der Waals surface area contributed by atoms with Gasteiger partial charge in [0.25, 0.3) is 10.2 Å². The number of likely N-dealkylation sites (N-methyl/N-ethyl adjacent to an activating group) is 1. The number of nitrogens with zero attached hydrogens (tertiary/aromatic N) is 5. The molecule has 1 aromatic rings. The van der Waals surface area contributed by atoms with Gasteiger partial charge >= 0.3 is 4.87 Å².